The number of guanidine groups is 1. The molecule has 1 aromatic rings. The quantitative estimate of drug-likeness (QED) is 0.471. The Morgan fingerprint density at radius 2 is 2.13 bits per heavy atom. The third kappa shape index (κ3) is 6.49. The second-order valence-electron chi connectivity index (χ2n) is 6.23. The van der Waals surface area contributed by atoms with Gasteiger partial charge in [0.05, 0.1) is 6.54 Å². The van der Waals surface area contributed by atoms with Gasteiger partial charge in [-0.3, -0.25) is 4.99 Å². The molecular weight excluding hydrogens is 306 g/mol. The SMILES string of the molecule is CN=C(NCCCN1CCCN(C)CC1)NCc1sccc1C. The van der Waals surface area contributed by atoms with Crippen molar-refractivity contribution in [3.63, 3.8) is 0 Å². The summed E-state index contributed by atoms with van der Waals surface area (Å²) in [5, 5.41) is 8.96. The average Bonchev–Trinajstić information content (AvgIpc) is 2.84. The van der Waals surface area contributed by atoms with Crippen molar-refractivity contribution in [2.45, 2.75) is 26.3 Å². The van der Waals surface area contributed by atoms with Crippen molar-refractivity contribution in [1.82, 2.24) is 20.4 Å². The van der Waals surface area contributed by atoms with Gasteiger partial charge in [-0.15, -0.1) is 11.3 Å². The Bertz CT molecular complexity index is 485. The molecule has 1 saturated heterocycles. The van der Waals surface area contributed by atoms with Gasteiger partial charge in [0.2, 0.25) is 0 Å². The van der Waals surface area contributed by atoms with Crippen molar-refractivity contribution in [3.8, 4) is 0 Å². The van der Waals surface area contributed by atoms with Crippen LogP contribution in [0.3, 0.4) is 0 Å². The summed E-state index contributed by atoms with van der Waals surface area (Å²) < 4.78 is 0. The van der Waals surface area contributed by atoms with Crippen LogP contribution in [0.25, 0.3) is 0 Å². The first-order chi connectivity index (χ1) is 11.2. The lowest BCUT2D eigenvalue weighted by Gasteiger charge is -2.20. The first-order valence-electron chi connectivity index (χ1n) is 8.57. The maximum absolute atomic E-state index is 4.31. The van der Waals surface area contributed by atoms with Crippen LogP contribution in [0.1, 0.15) is 23.3 Å². The number of nitrogens with zero attached hydrogens (tertiary/aromatic N) is 3. The van der Waals surface area contributed by atoms with Crippen LogP contribution in [-0.2, 0) is 6.54 Å². The van der Waals surface area contributed by atoms with E-state index in [4.69, 9.17) is 0 Å². The van der Waals surface area contributed by atoms with Gasteiger partial charge in [-0.25, -0.2) is 0 Å². The van der Waals surface area contributed by atoms with Crippen molar-refractivity contribution in [1.29, 1.82) is 0 Å². The number of hydrogen-bond acceptors (Lipinski definition) is 4. The highest BCUT2D eigenvalue weighted by Crippen LogP contribution is 2.14. The van der Waals surface area contributed by atoms with E-state index in [2.05, 4.69) is 50.8 Å². The van der Waals surface area contributed by atoms with Gasteiger partial charge in [-0.1, -0.05) is 0 Å². The highest BCUT2D eigenvalue weighted by Gasteiger charge is 2.11. The number of hydrogen-bond donors (Lipinski definition) is 2. The van der Waals surface area contributed by atoms with E-state index in [-0.39, 0.29) is 0 Å². The Hall–Kier alpha value is -1.11. The van der Waals surface area contributed by atoms with Crippen molar-refractivity contribution < 1.29 is 0 Å². The van der Waals surface area contributed by atoms with Crippen LogP contribution in [-0.4, -0.2) is 69.1 Å². The van der Waals surface area contributed by atoms with Crippen LogP contribution in [0, 0.1) is 6.92 Å². The normalized spacial score (nSPS) is 18.0. The first-order valence-corrected chi connectivity index (χ1v) is 9.45. The van der Waals surface area contributed by atoms with Gasteiger partial charge < -0.3 is 20.4 Å². The summed E-state index contributed by atoms with van der Waals surface area (Å²) in [6.45, 7) is 9.99. The third-order valence-electron chi connectivity index (χ3n) is 4.36. The molecule has 1 aliphatic rings. The molecule has 2 N–H and O–H groups in total. The molecule has 0 unspecified atom stereocenters. The topological polar surface area (TPSA) is 42.9 Å². The van der Waals surface area contributed by atoms with Crippen LogP contribution in [0.15, 0.2) is 16.4 Å². The summed E-state index contributed by atoms with van der Waals surface area (Å²) in [6.07, 6.45) is 2.44. The second-order valence-corrected chi connectivity index (χ2v) is 7.23. The van der Waals surface area contributed by atoms with Crippen LogP contribution in [0.5, 0.6) is 0 Å². The molecule has 0 radical (unpaired) electrons. The van der Waals surface area contributed by atoms with Crippen molar-refractivity contribution in [3.05, 3.63) is 21.9 Å². The van der Waals surface area contributed by atoms with Gasteiger partial charge in [-0.05, 0) is 63.5 Å². The molecule has 0 saturated carbocycles. The highest BCUT2D eigenvalue weighted by atomic mass is 32.1. The predicted octanol–water partition coefficient (Wildman–Crippen LogP) is 1.75. The fraction of sp³-hybridized carbons (Fsp3) is 0.706. The Morgan fingerprint density at radius 1 is 1.26 bits per heavy atom. The molecule has 2 heterocycles. The Morgan fingerprint density at radius 3 is 2.87 bits per heavy atom. The van der Waals surface area contributed by atoms with E-state index >= 15 is 0 Å². The molecule has 23 heavy (non-hydrogen) atoms. The molecule has 1 fully saturated rings. The second kappa shape index (κ2) is 9.90. The van der Waals surface area contributed by atoms with Crippen molar-refractivity contribution in [2.75, 3.05) is 53.4 Å². The van der Waals surface area contributed by atoms with Gasteiger partial charge in [0.15, 0.2) is 5.96 Å². The molecule has 1 aromatic heterocycles. The maximum atomic E-state index is 4.31. The minimum atomic E-state index is 0.849. The predicted molar refractivity (Wildman–Crippen MR) is 100 cm³/mol. The zero-order valence-electron chi connectivity index (χ0n) is 14.8. The lowest BCUT2D eigenvalue weighted by atomic mass is 10.3. The molecule has 1 aliphatic heterocycles. The fourth-order valence-corrected chi connectivity index (χ4v) is 3.65. The number of aryl methyl sites for hydroxylation is 1. The first kappa shape index (κ1) is 18.2. The molecule has 0 aliphatic carbocycles. The average molecular weight is 338 g/mol. The molecule has 0 amide bonds. The molecule has 0 spiro atoms. The van der Waals surface area contributed by atoms with Crippen molar-refractivity contribution >= 4 is 17.3 Å². The third-order valence-corrected chi connectivity index (χ3v) is 5.39. The molecule has 0 atom stereocenters. The van der Waals surface area contributed by atoms with E-state index in [9.17, 15) is 0 Å². The Balaban J connectivity index is 1.61. The van der Waals surface area contributed by atoms with Crippen LogP contribution in [0.4, 0.5) is 0 Å². The van der Waals surface area contributed by atoms with Gasteiger partial charge in [0.1, 0.15) is 0 Å². The van der Waals surface area contributed by atoms with Crippen molar-refractivity contribution in [2.24, 2.45) is 4.99 Å². The number of rotatable bonds is 6. The lowest BCUT2D eigenvalue weighted by molar-refractivity contribution is 0.274. The molecule has 0 bridgehead atoms. The van der Waals surface area contributed by atoms with E-state index in [1.165, 1.54) is 49.6 Å². The van der Waals surface area contributed by atoms with Crippen LogP contribution >= 0.6 is 11.3 Å². The smallest absolute Gasteiger partial charge is 0.191 e. The molecule has 2 rings (SSSR count). The van der Waals surface area contributed by atoms with Gasteiger partial charge in [-0.2, -0.15) is 0 Å². The summed E-state index contributed by atoms with van der Waals surface area (Å²) in [6, 6.07) is 2.16. The molecule has 0 aromatic carbocycles. The molecular formula is C17H31N5S. The lowest BCUT2D eigenvalue weighted by Crippen LogP contribution is -2.38. The summed E-state index contributed by atoms with van der Waals surface area (Å²) in [5.41, 5.74) is 1.35. The summed E-state index contributed by atoms with van der Waals surface area (Å²) in [4.78, 5) is 10.7. The van der Waals surface area contributed by atoms with E-state index in [1.807, 2.05) is 7.05 Å². The minimum Gasteiger partial charge on any atom is -0.356 e. The van der Waals surface area contributed by atoms with E-state index in [0.717, 1.165) is 25.5 Å². The molecule has 6 heteroatoms. The van der Waals surface area contributed by atoms with Crippen LogP contribution in [0.2, 0.25) is 0 Å². The standard InChI is InChI=1S/C17H31N5S/c1-15-6-13-23-16(15)14-20-17(18-2)19-7-4-9-22-10-5-8-21(3)11-12-22/h6,13H,4-5,7-12,14H2,1-3H3,(H2,18,19,20). The summed E-state index contributed by atoms with van der Waals surface area (Å²) >= 11 is 1.80. The molecule has 5 nitrogen and oxygen atoms in total. The number of aliphatic imine (C=N–C) groups is 1. The largest absolute Gasteiger partial charge is 0.356 e. The van der Waals surface area contributed by atoms with E-state index in [0.29, 0.717) is 0 Å². The Labute approximate surface area is 144 Å². The minimum absolute atomic E-state index is 0.849. The zero-order chi connectivity index (χ0) is 16.5. The van der Waals surface area contributed by atoms with E-state index < -0.39 is 0 Å². The maximum Gasteiger partial charge on any atom is 0.191 e. The van der Waals surface area contributed by atoms with Gasteiger partial charge >= 0.3 is 0 Å². The highest BCUT2D eigenvalue weighted by molar-refractivity contribution is 7.10. The van der Waals surface area contributed by atoms with Gasteiger partial charge in [0.25, 0.3) is 0 Å². The molecule has 130 valence electrons. The number of likely N-dealkylation sites (N-methyl/N-ethyl adjacent to an activating group) is 1. The summed E-state index contributed by atoms with van der Waals surface area (Å²) in [7, 11) is 4.05. The van der Waals surface area contributed by atoms with Gasteiger partial charge in [0, 0.05) is 31.6 Å². The Kier molecular flexibility index (Phi) is 7.85. The number of nitrogens with one attached hydrogen (secondary N) is 2. The monoisotopic (exact) mass is 337 g/mol. The number of thiophene rings is 1. The van der Waals surface area contributed by atoms with E-state index in [1.54, 1.807) is 11.3 Å². The zero-order valence-corrected chi connectivity index (χ0v) is 15.6. The fourth-order valence-electron chi connectivity index (χ4n) is 2.80. The summed E-state index contributed by atoms with van der Waals surface area (Å²) in [5.74, 6) is 0.897. The van der Waals surface area contributed by atoms with Crippen LogP contribution < -0.4 is 10.6 Å².